The summed E-state index contributed by atoms with van der Waals surface area (Å²) in [6.07, 6.45) is 4.68. The molecule has 1 unspecified atom stereocenters. The van der Waals surface area contributed by atoms with E-state index in [2.05, 4.69) is 10.2 Å². The molecule has 1 atom stereocenters. The molecule has 32 heavy (non-hydrogen) atoms. The van der Waals surface area contributed by atoms with E-state index in [0.717, 1.165) is 45.2 Å². The smallest absolute Gasteiger partial charge is 0.340 e. The molecule has 2 saturated heterocycles. The highest BCUT2D eigenvalue weighted by Gasteiger charge is 2.29. The van der Waals surface area contributed by atoms with Gasteiger partial charge in [-0.1, -0.05) is 6.42 Å². The van der Waals surface area contributed by atoms with Crippen LogP contribution in [0.2, 0.25) is 0 Å². The van der Waals surface area contributed by atoms with Gasteiger partial charge < -0.3 is 19.7 Å². The van der Waals surface area contributed by atoms with Crippen LogP contribution in [-0.2, 0) is 24.3 Å². The van der Waals surface area contributed by atoms with E-state index in [4.69, 9.17) is 9.47 Å². The van der Waals surface area contributed by atoms with Crippen LogP contribution in [0, 0.1) is 0 Å². The van der Waals surface area contributed by atoms with Gasteiger partial charge in [0.1, 0.15) is 0 Å². The first-order valence-corrected chi connectivity index (χ1v) is 12.6. The number of benzene rings is 1. The number of anilines is 1. The van der Waals surface area contributed by atoms with Crippen LogP contribution in [-0.4, -0.2) is 77.1 Å². The largest absolute Gasteiger partial charge is 0.452 e. The molecule has 2 fully saturated rings. The number of hydrogen-bond donors (Lipinski definition) is 1. The number of ether oxygens (including phenoxy) is 2. The summed E-state index contributed by atoms with van der Waals surface area (Å²) in [5.74, 6) is -1.15. The summed E-state index contributed by atoms with van der Waals surface area (Å²) in [6.45, 7) is 4.21. The Morgan fingerprint density at radius 1 is 1.06 bits per heavy atom. The van der Waals surface area contributed by atoms with Crippen LogP contribution in [0.4, 0.5) is 5.69 Å². The summed E-state index contributed by atoms with van der Waals surface area (Å²) in [5.41, 5.74) is 0.806. The van der Waals surface area contributed by atoms with Crippen molar-refractivity contribution in [1.29, 1.82) is 0 Å². The van der Waals surface area contributed by atoms with Gasteiger partial charge in [0.15, 0.2) is 6.61 Å². The van der Waals surface area contributed by atoms with Crippen molar-refractivity contribution < 1.29 is 27.5 Å². The normalized spacial score (nSPS) is 18.4. The molecule has 178 valence electrons. The summed E-state index contributed by atoms with van der Waals surface area (Å²) in [6, 6.07) is 4.42. The van der Waals surface area contributed by atoms with Gasteiger partial charge in [-0.25, -0.2) is 13.2 Å². The Morgan fingerprint density at radius 3 is 2.38 bits per heavy atom. The number of nitrogens with one attached hydrogen (secondary N) is 1. The lowest BCUT2D eigenvalue weighted by Crippen LogP contribution is -2.38. The average molecular weight is 468 g/mol. The van der Waals surface area contributed by atoms with Crippen molar-refractivity contribution in [3.8, 4) is 0 Å². The van der Waals surface area contributed by atoms with Gasteiger partial charge in [0, 0.05) is 39.3 Å². The first-order valence-electron chi connectivity index (χ1n) is 11.2. The Kier molecular flexibility index (Phi) is 8.50. The van der Waals surface area contributed by atoms with Crippen LogP contribution in [0.25, 0.3) is 0 Å². The fourth-order valence-corrected chi connectivity index (χ4v) is 5.69. The predicted molar refractivity (Wildman–Crippen MR) is 120 cm³/mol. The molecular formula is C22H33N3O6S. The maximum absolute atomic E-state index is 13.1. The molecule has 0 aromatic heterocycles. The second-order valence-corrected chi connectivity index (χ2v) is 10.3. The fraction of sp³-hybridized carbons (Fsp3) is 0.636. The summed E-state index contributed by atoms with van der Waals surface area (Å²) in [7, 11) is -2.16. The quantitative estimate of drug-likeness (QED) is 0.552. The molecule has 3 rings (SSSR count). The van der Waals surface area contributed by atoms with Crippen LogP contribution < -0.4 is 10.2 Å². The zero-order chi connectivity index (χ0) is 23.1. The van der Waals surface area contributed by atoms with Gasteiger partial charge in [0.25, 0.3) is 5.91 Å². The fourth-order valence-electron chi connectivity index (χ4n) is 4.14. The third-order valence-corrected chi connectivity index (χ3v) is 7.64. The molecule has 0 aliphatic carbocycles. The van der Waals surface area contributed by atoms with E-state index >= 15 is 0 Å². The van der Waals surface area contributed by atoms with E-state index < -0.39 is 28.5 Å². The third kappa shape index (κ3) is 5.99. The Hall–Kier alpha value is -2.17. The van der Waals surface area contributed by atoms with Crippen LogP contribution in [0.1, 0.15) is 49.4 Å². The molecule has 1 N–H and O–H groups in total. The lowest BCUT2D eigenvalue weighted by molar-refractivity contribution is -0.125. The molecule has 10 heteroatoms. The lowest BCUT2D eigenvalue weighted by atomic mass is 10.1. The van der Waals surface area contributed by atoms with Crippen molar-refractivity contribution >= 4 is 27.6 Å². The van der Waals surface area contributed by atoms with Crippen molar-refractivity contribution in [2.75, 3.05) is 51.4 Å². The Labute approximate surface area is 190 Å². The van der Waals surface area contributed by atoms with E-state index in [-0.39, 0.29) is 16.5 Å². The highest BCUT2D eigenvalue weighted by molar-refractivity contribution is 7.89. The van der Waals surface area contributed by atoms with Crippen molar-refractivity contribution in [1.82, 2.24) is 9.62 Å². The minimum atomic E-state index is -3.70. The second-order valence-electron chi connectivity index (χ2n) is 8.34. The van der Waals surface area contributed by atoms with Crippen molar-refractivity contribution in [2.24, 2.45) is 0 Å². The van der Waals surface area contributed by atoms with Gasteiger partial charge in [-0.05, 0) is 50.8 Å². The first kappa shape index (κ1) is 24.5. The highest BCUT2D eigenvalue weighted by Crippen LogP contribution is 2.30. The zero-order valence-electron chi connectivity index (χ0n) is 18.8. The Bertz CT molecular complexity index is 908. The summed E-state index contributed by atoms with van der Waals surface area (Å²) in [4.78, 5) is 27.1. The number of rotatable bonds is 9. The summed E-state index contributed by atoms with van der Waals surface area (Å²) in [5, 5.41) is 2.68. The minimum Gasteiger partial charge on any atom is -0.452 e. The minimum absolute atomic E-state index is 0.0764. The molecule has 0 radical (unpaired) electrons. The molecule has 0 saturated carbocycles. The number of hydrogen-bond acceptors (Lipinski definition) is 7. The molecule has 0 bridgehead atoms. The lowest BCUT2D eigenvalue weighted by Gasteiger charge is -2.27. The molecule has 9 nitrogen and oxygen atoms in total. The first-order chi connectivity index (χ1) is 15.3. The van der Waals surface area contributed by atoms with Gasteiger partial charge in [-0.2, -0.15) is 4.31 Å². The SMILES string of the molecule is COCC(C)NC(=O)COC(=O)c1cc(S(=O)(=O)N2CCCCC2)ccc1N1CCCC1. The molecule has 1 aromatic carbocycles. The number of carbonyl (C=O) groups is 2. The van der Waals surface area contributed by atoms with Crippen LogP contribution in [0.3, 0.4) is 0 Å². The Morgan fingerprint density at radius 2 is 1.72 bits per heavy atom. The summed E-state index contributed by atoms with van der Waals surface area (Å²) < 4.78 is 38.0. The molecule has 2 heterocycles. The molecule has 2 aliphatic heterocycles. The van der Waals surface area contributed by atoms with Crippen LogP contribution in [0.5, 0.6) is 0 Å². The number of carbonyl (C=O) groups excluding carboxylic acids is 2. The van der Waals surface area contributed by atoms with Gasteiger partial charge in [-0.3, -0.25) is 4.79 Å². The predicted octanol–water partition coefficient (Wildman–Crippen LogP) is 1.77. The molecule has 1 aromatic rings. The summed E-state index contributed by atoms with van der Waals surface area (Å²) >= 11 is 0. The second kappa shape index (κ2) is 11.1. The zero-order valence-corrected chi connectivity index (χ0v) is 19.7. The van der Waals surface area contributed by atoms with E-state index in [1.54, 1.807) is 19.1 Å². The maximum atomic E-state index is 13.1. The standard InChI is InChI=1S/C22H33N3O6S/c1-17(15-30-2)23-21(26)16-31-22(27)19-14-18(8-9-20(19)24-10-6-7-11-24)32(28,29)25-12-4-3-5-13-25/h8-9,14,17H,3-7,10-13,15-16H2,1-2H3,(H,23,26). The van der Waals surface area contributed by atoms with E-state index in [0.29, 0.717) is 25.4 Å². The van der Waals surface area contributed by atoms with Crippen LogP contribution in [0.15, 0.2) is 23.1 Å². The monoisotopic (exact) mass is 467 g/mol. The van der Waals surface area contributed by atoms with Crippen molar-refractivity contribution in [2.45, 2.75) is 50.0 Å². The van der Waals surface area contributed by atoms with Gasteiger partial charge in [-0.15, -0.1) is 0 Å². The van der Waals surface area contributed by atoms with Crippen molar-refractivity contribution in [3.05, 3.63) is 23.8 Å². The van der Waals surface area contributed by atoms with Crippen LogP contribution >= 0.6 is 0 Å². The van der Waals surface area contributed by atoms with Crippen molar-refractivity contribution in [3.63, 3.8) is 0 Å². The molecule has 0 spiro atoms. The average Bonchev–Trinajstić information content (AvgIpc) is 3.32. The number of amides is 1. The van der Waals surface area contributed by atoms with Gasteiger partial charge >= 0.3 is 5.97 Å². The Balaban J connectivity index is 1.80. The highest BCUT2D eigenvalue weighted by atomic mass is 32.2. The maximum Gasteiger partial charge on any atom is 0.340 e. The van der Waals surface area contributed by atoms with E-state index in [1.807, 2.05) is 0 Å². The van der Waals surface area contributed by atoms with E-state index in [9.17, 15) is 18.0 Å². The number of piperidine rings is 1. The van der Waals surface area contributed by atoms with Gasteiger partial charge in [0.2, 0.25) is 10.0 Å². The topological polar surface area (TPSA) is 105 Å². The number of esters is 1. The third-order valence-electron chi connectivity index (χ3n) is 5.75. The number of nitrogens with zero attached hydrogens (tertiary/aromatic N) is 2. The van der Waals surface area contributed by atoms with E-state index in [1.165, 1.54) is 17.5 Å². The molecule has 2 aliphatic rings. The van der Waals surface area contributed by atoms with Gasteiger partial charge in [0.05, 0.1) is 22.8 Å². The number of sulfonamides is 1. The molecular weight excluding hydrogens is 434 g/mol. The molecule has 1 amide bonds. The number of methoxy groups -OCH3 is 1.